The molecule has 0 spiro atoms. The van der Waals surface area contributed by atoms with Crippen molar-refractivity contribution in [2.24, 2.45) is 7.05 Å². The van der Waals surface area contributed by atoms with Crippen molar-refractivity contribution in [1.29, 1.82) is 0 Å². The van der Waals surface area contributed by atoms with E-state index in [1.54, 1.807) is 13.3 Å². The molecular formula is C11H18N2O2. The largest absolute Gasteiger partial charge is 0.493 e. The highest BCUT2D eigenvalue weighted by atomic mass is 16.5. The van der Waals surface area contributed by atoms with Crippen LogP contribution in [-0.2, 0) is 12.5 Å². The quantitative estimate of drug-likeness (QED) is 0.798. The molecule has 1 N–H and O–H groups in total. The summed E-state index contributed by atoms with van der Waals surface area (Å²) in [6.45, 7) is 2.17. The Hall–Kier alpha value is -1.03. The van der Waals surface area contributed by atoms with Crippen LogP contribution in [0.25, 0.3) is 0 Å². The van der Waals surface area contributed by atoms with Gasteiger partial charge in [0.1, 0.15) is 0 Å². The summed E-state index contributed by atoms with van der Waals surface area (Å²) >= 11 is 0. The van der Waals surface area contributed by atoms with E-state index in [9.17, 15) is 5.11 Å². The minimum Gasteiger partial charge on any atom is -0.493 e. The topological polar surface area (TPSA) is 47.3 Å². The first kappa shape index (κ1) is 10.5. The maximum Gasteiger partial charge on any atom is 0.160 e. The fourth-order valence-corrected chi connectivity index (χ4v) is 2.68. The van der Waals surface area contributed by atoms with Crippen molar-refractivity contribution in [1.82, 2.24) is 9.78 Å². The van der Waals surface area contributed by atoms with Crippen LogP contribution in [0.1, 0.15) is 31.9 Å². The number of methoxy groups -OCH3 is 1. The van der Waals surface area contributed by atoms with Crippen LogP contribution in [0.15, 0.2) is 6.20 Å². The maximum atomic E-state index is 9.65. The molecule has 0 saturated heterocycles. The fourth-order valence-electron chi connectivity index (χ4n) is 2.68. The molecule has 15 heavy (non-hydrogen) atoms. The van der Waals surface area contributed by atoms with Crippen molar-refractivity contribution in [3.63, 3.8) is 0 Å². The van der Waals surface area contributed by atoms with Crippen LogP contribution in [-0.4, -0.2) is 28.1 Å². The molecule has 1 aliphatic carbocycles. The summed E-state index contributed by atoms with van der Waals surface area (Å²) in [5.41, 5.74) is 1.09. The number of hydrogen-bond donors (Lipinski definition) is 1. The Balaban J connectivity index is 2.39. The zero-order valence-corrected chi connectivity index (χ0v) is 9.53. The second-order valence-electron chi connectivity index (χ2n) is 4.64. The molecule has 2 atom stereocenters. The molecule has 0 radical (unpaired) electrons. The molecule has 4 heteroatoms. The Kier molecular flexibility index (Phi) is 2.46. The lowest BCUT2D eigenvalue weighted by Crippen LogP contribution is -2.23. The van der Waals surface area contributed by atoms with Crippen molar-refractivity contribution in [3.8, 4) is 5.75 Å². The summed E-state index contributed by atoms with van der Waals surface area (Å²) < 4.78 is 7.17. The number of aliphatic hydroxyl groups is 1. The average molecular weight is 210 g/mol. The minimum atomic E-state index is -0.186. The predicted octanol–water partition coefficient (Wildman–Crippen LogP) is 1.23. The monoisotopic (exact) mass is 210 g/mol. The van der Waals surface area contributed by atoms with Gasteiger partial charge >= 0.3 is 0 Å². The maximum absolute atomic E-state index is 9.65. The molecule has 1 saturated carbocycles. The van der Waals surface area contributed by atoms with Gasteiger partial charge in [-0.25, -0.2) is 0 Å². The van der Waals surface area contributed by atoms with E-state index >= 15 is 0 Å². The second kappa shape index (κ2) is 3.52. The predicted molar refractivity (Wildman–Crippen MR) is 57.0 cm³/mol. The first-order valence-corrected chi connectivity index (χ1v) is 5.31. The van der Waals surface area contributed by atoms with E-state index in [2.05, 4.69) is 12.0 Å². The fraction of sp³-hybridized carbons (Fsp3) is 0.727. The van der Waals surface area contributed by atoms with Crippen LogP contribution in [0.2, 0.25) is 0 Å². The summed E-state index contributed by atoms with van der Waals surface area (Å²) in [7, 11) is 3.59. The van der Waals surface area contributed by atoms with E-state index in [1.807, 2.05) is 11.7 Å². The number of aliphatic hydroxyl groups excluding tert-OH is 1. The van der Waals surface area contributed by atoms with Gasteiger partial charge in [-0.2, -0.15) is 5.10 Å². The number of aryl methyl sites for hydroxylation is 1. The van der Waals surface area contributed by atoms with E-state index in [-0.39, 0.29) is 11.5 Å². The Labute approximate surface area is 89.9 Å². The van der Waals surface area contributed by atoms with E-state index in [4.69, 9.17) is 4.74 Å². The molecule has 1 aliphatic rings. The number of ether oxygens (including phenoxy) is 1. The SMILES string of the molecule is COc1cnn(C)c1C1(C)CCC(O)C1. The number of nitrogens with zero attached hydrogens (tertiary/aromatic N) is 2. The van der Waals surface area contributed by atoms with Gasteiger partial charge in [-0.3, -0.25) is 4.68 Å². The summed E-state index contributed by atoms with van der Waals surface area (Å²) in [5.74, 6) is 0.828. The number of hydrogen-bond acceptors (Lipinski definition) is 3. The normalized spacial score (nSPS) is 30.8. The third-order valence-corrected chi connectivity index (χ3v) is 3.41. The van der Waals surface area contributed by atoms with Gasteiger partial charge < -0.3 is 9.84 Å². The molecule has 0 aliphatic heterocycles. The molecule has 0 aromatic carbocycles. The van der Waals surface area contributed by atoms with Gasteiger partial charge in [0.25, 0.3) is 0 Å². The molecule has 1 aromatic rings. The lowest BCUT2D eigenvalue weighted by atomic mass is 9.84. The summed E-state index contributed by atoms with van der Waals surface area (Å²) in [6, 6.07) is 0. The highest BCUT2D eigenvalue weighted by Gasteiger charge is 2.40. The van der Waals surface area contributed by atoms with Crippen molar-refractivity contribution < 1.29 is 9.84 Å². The minimum absolute atomic E-state index is 0.00396. The van der Waals surface area contributed by atoms with Gasteiger partial charge in [-0.05, 0) is 19.3 Å². The van der Waals surface area contributed by atoms with Crippen LogP contribution >= 0.6 is 0 Å². The van der Waals surface area contributed by atoms with Gasteiger partial charge in [0, 0.05) is 12.5 Å². The standard InChI is InChI=1S/C11H18N2O2/c1-11(5-4-8(14)6-11)10-9(15-3)7-12-13(10)2/h7-8,14H,4-6H2,1-3H3. The molecular weight excluding hydrogens is 192 g/mol. The number of aromatic nitrogens is 2. The van der Waals surface area contributed by atoms with Crippen molar-refractivity contribution in [2.75, 3.05) is 7.11 Å². The molecule has 2 unspecified atom stereocenters. The van der Waals surface area contributed by atoms with E-state index in [1.165, 1.54) is 0 Å². The van der Waals surface area contributed by atoms with Crippen LogP contribution in [0.5, 0.6) is 5.75 Å². The average Bonchev–Trinajstić information content (AvgIpc) is 2.71. The highest BCUT2D eigenvalue weighted by molar-refractivity contribution is 5.33. The van der Waals surface area contributed by atoms with Crippen LogP contribution in [0.3, 0.4) is 0 Å². The van der Waals surface area contributed by atoms with Crippen molar-refractivity contribution >= 4 is 0 Å². The van der Waals surface area contributed by atoms with E-state index in [0.717, 1.165) is 30.7 Å². The van der Waals surface area contributed by atoms with Crippen LogP contribution in [0.4, 0.5) is 0 Å². The highest BCUT2D eigenvalue weighted by Crippen LogP contribution is 2.43. The first-order chi connectivity index (χ1) is 7.07. The smallest absolute Gasteiger partial charge is 0.160 e. The van der Waals surface area contributed by atoms with Crippen LogP contribution < -0.4 is 4.74 Å². The summed E-state index contributed by atoms with van der Waals surface area (Å²) in [6.07, 6.45) is 4.21. The third kappa shape index (κ3) is 1.63. The Morgan fingerprint density at radius 2 is 2.40 bits per heavy atom. The van der Waals surface area contributed by atoms with Crippen LogP contribution in [0, 0.1) is 0 Å². The van der Waals surface area contributed by atoms with E-state index in [0.29, 0.717) is 0 Å². The Morgan fingerprint density at radius 3 is 2.93 bits per heavy atom. The molecule has 2 rings (SSSR count). The van der Waals surface area contributed by atoms with Gasteiger partial charge in [0.15, 0.2) is 5.75 Å². The molecule has 1 heterocycles. The molecule has 4 nitrogen and oxygen atoms in total. The molecule has 1 aromatic heterocycles. The lowest BCUT2D eigenvalue weighted by Gasteiger charge is -2.24. The lowest BCUT2D eigenvalue weighted by molar-refractivity contribution is 0.174. The zero-order valence-electron chi connectivity index (χ0n) is 9.53. The molecule has 0 amide bonds. The van der Waals surface area contributed by atoms with Gasteiger partial charge in [0.2, 0.25) is 0 Å². The zero-order chi connectivity index (χ0) is 11.1. The van der Waals surface area contributed by atoms with Crippen molar-refractivity contribution in [3.05, 3.63) is 11.9 Å². The molecule has 1 fully saturated rings. The molecule has 0 bridgehead atoms. The second-order valence-corrected chi connectivity index (χ2v) is 4.64. The van der Waals surface area contributed by atoms with Gasteiger partial charge in [-0.1, -0.05) is 6.92 Å². The Morgan fingerprint density at radius 1 is 1.67 bits per heavy atom. The molecule has 84 valence electrons. The summed E-state index contributed by atoms with van der Waals surface area (Å²) in [4.78, 5) is 0. The van der Waals surface area contributed by atoms with E-state index < -0.39 is 0 Å². The first-order valence-electron chi connectivity index (χ1n) is 5.31. The third-order valence-electron chi connectivity index (χ3n) is 3.41. The Bertz CT molecular complexity index is 361. The van der Waals surface area contributed by atoms with Gasteiger partial charge in [-0.15, -0.1) is 0 Å². The number of rotatable bonds is 2. The van der Waals surface area contributed by atoms with Crippen molar-refractivity contribution in [2.45, 2.75) is 37.7 Å². The van der Waals surface area contributed by atoms with Gasteiger partial charge in [0.05, 0.1) is 25.1 Å². The summed E-state index contributed by atoms with van der Waals surface area (Å²) in [5, 5.41) is 13.9.